The van der Waals surface area contributed by atoms with Gasteiger partial charge in [-0.15, -0.1) is 11.3 Å². The predicted molar refractivity (Wildman–Crippen MR) is 186 cm³/mol. The molecule has 47 heavy (non-hydrogen) atoms. The molecule has 0 unspecified atom stereocenters. The minimum absolute atomic E-state index is 0.0399. The van der Waals surface area contributed by atoms with Crippen molar-refractivity contribution in [3.8, 4) is 21.8 Å². The first-order valence-corrected chi connectivity index (χ1v) is 16.0. The molecule has 5 aromatic heterocycles. The van der Waals surface area contributed by atoms with E-state index in [0.717, 1.165) is 27.2 Å². The number of hydrogen-bond acceptors (Lipinski definition) is 10. The lowest BCUT2D eigenvalue weighted by atomic mass is 10.0. The Morgan fingerprint density at radius 3 is 2.34 bits per heavy atom. The highest BCUT2D eigenvalue weighted by Gasteiger charge is 2.33. The van der Waals surface area contributed by atoms with Crippen LogP contribution in [-0.2, 0) is 9.47 Å². The zero-order valence-electron chi connectivity index (χ0n) is 27.7. The molecular formula is C35H37N7O4S. The smallest absolute Gasteiger partial charge is 0.419 e. The standard InChI is InChI=1S/C35H37N7O4S/c1-34(2,3)45-32(43)41-20-39-30(23-15-25(38-19-28(23)41)21-14-22(40(7)8)18-36-17-21)27-16-24-26(42(27)33(44)46-35(4,5)6)11-12-37-31(24)29-10-9-13-47-29/h9-19H,20H2,1-8H3. The molecule has 1 aliphatic rings. The molecule has 0 atom stereocenters. The quantitative estimate of drug-likeness (QED) is 0.195. The molecular weight excluding hydrogens is 614 g/mol. The van der Waals surface area contributed by atoms with E-state index in [4.69, 9.17) is 19.5 Å². The number of nitrogens with zero attached hydrogens (tertiary/aromatic N) is 7. The maximum atomic E-state index is 14.0. The van der Waals surface area contributed by atoms with Crippen LogP contribution in [0.25, 0.3) is 32.7 Å². The van der Waals surface area contributed by atoms with Gasteiger partial charge in [-0.1, -0.05) is 6.07 Å². The Bertz CT molecular complexity index is 2020. The molecule has 0 aromatic carbocycles. The van der Waals surface area contributed by atoms with E-state index < -0.39 is 23.4 Å². The summed E-state index contributed by atoms with van der Waals surface area (Å²) in [5, 5.41) is 2.76. The van der Waals surface area contributed by atoms with Gasteiger partial charge >= 0.3 is 12.2 Å². The van der Waals surface area contributed by atoms with Crippen LogP contribution in [0.5, 0.6) is 0 Å². The summed E-state index contributed by atoms with van der Waals surface area (Å²) >= 11 is 1.57. The molecule has 6 heterocycles. The Kier molecular flexibility index (Phi) is 8.08. The highest BCUT2D eigenvalue weighted by molar-refractivity contribution is 7.13. The van der Waals surface area contributed by atoms with Gasteiger partial charge in [-0.25, -0.2) is 14.2 Å². The molecule has 1 amide bonds. The summed E-state index contributed by atoms with van der Waals surface area (Å²) in [6, 6.07) is 11.5. The van der Waals surface area contributed by atoms with E-state index in [0.29, 0.717) is 33.9 Å². The van der Waals surface area contributed by atoms with Crippen molar-refractivity contribution in [1.29, 1.82) is 0 Å². The number of aliphatic imine (C=N–C) groups is 1. The fourth-order valence-corrected chi connectivity index (χ4v) is 5.97. The van der Waals surface area contributed by atoms with E-state index in [9.17, 15) is 9.59 Å². The van der Waals surface area contributed by atoms with E-state index in [1.807, 2.05) is 96.2 Å². The number of carbonyl (C=O) groups is 2. The summed E-state index contributed by atoms with van der Waals surface area (Å²) in [6.07, 6.45) is 5.74. The van der Waals surface area contributed by atoms with Crippen LogP contribution in [0.15, 0.2) is 71.6 Å². The number of amides is 1. The third-order valence-corrected chi connectivity index (χ3v) is 8.13. The Balaban J connectivity index is 1.59. The fourth-order valence-electron chi connectivity index (χ4n) is 5.24. The molecule has 242 valence electrons. The Hall–Kier alpha value is -5.10. The van der Waals surface area contributed by atoms with Gasteiger partial charge in [0.15, 0.2) is 0 Å². The first-order valence-electron chi connectivity index (χ1n) is 15.2. The van der Waals surface area contributed by atoms with E-state index in [-0.39, 0.29) is 6.67 Å². The molecule has 0 bridgehead atoms. The zero-order chi connectivity index (χ0) is 33.7. The van der Waals surface area contributed by atoms with Crippen LogP contribution in [0.3, 0.4) is 0 Å². The van der Waals surface area contributed by atoms with Gasteiger partial charge in [-0.3, -0.25) is 24.8 Å². The maximum Gasteiger partial charge on any atom is 0.419 e. The van der Waals surface area contributed by atoms with Crippen LogP contribution in [0.2, 0.25) is 0 Å². The summed E-state index contributed by atoms with van der Waals surface area (Å²) in [5.41, 5.74) is 4.31. The number of fused-ring (bicyclic) bond motifs is 2. The number of hydrogen-bond donors (Lipinski definition) is 0. The third kappa shape index (κ3) is 6.46. The minimum atomic E-state index is -0.754. The molecule has 6 rings (SSSR count). The van der Waals surface area contributed by atoms with Crippen LogP contribution in [-0.4, -0.2) is 69.4 Å². The Morgan fingerprint density at radius 2 is 1.66 bits per heavy atom. The van der Waals surface area contributed by atoms with Crippen molar-refractivity contribution in [2.45, 2.75) is 52.7 Å². The first kappa shape index (κ1) is 31.9. The van der Waals surface area contributed by atoms with Crippen LogP contribution < -0.4 is 9.80 Å². The predicted octanol–water partition coefficient (Wildman–Crippen LogP) is 7.62. The summed E-state index contributed by atoms with van der Waals surface area (Å²) < 4.78 is 13.2. The average Bonchev–Trinajstić information content (AvgIpc) is 3.67. The number of rotatable bonds is 4. The lowest BCUT2D eigenvalue weighted by Crippen LogP contribution is -2.40. The van der Waals surface area contributed by atoms with E-state index in [1.54, 1.807) is 46.8 Å². The SMILES string of the molecule is CN(C)c1cncc(-c2cc3c(cn2)N(C(=O)OC(C)(C)C)CN=C3c2cc3c(-c4cccs4)nccc3n2C(=O)OC(C)(C)C)c1. The second-order valence-electron chi connectivity index (χ2n) is 13.4. The number of anilines is 2. The van der Waals surface area contributed by atoms with Crippen molar-refractivity contribution in [2.75, 3.05) is 30.6 Å². The van der Waals surface area contributed by atoms with Crippen molar-refractivity contribution >= 4 is 51.5 Å². The molecule has 0 saturated carbocycles. The molecule has 0 radical (unpaired) electrons. The Morgan fingerprint density at radius 1 is 0.915 bits per heavy atom. The van der Waals surface area contributed by atoms with Gasteiger partial charge in [0.25, 0.3) is 0 Å². The van der Waals surface area contributed by atoms with Crippen LogP contribution in [0, 0.1) is 0 Å². The number of pyridine rings is 3. The third-order valence-electron chi connectivity index (χ3n) is 7.25. The molecule has 11 nitrogen and oxygen atoms in total. The van der Waals surface area contributed by atoms with E-state index in [1.165, 1.54) is 4.90 Å². The summed E-state index contributed by atoms with van der Waals surface area (Å²) in [5.74, 6) is 0. The van der Waals surface area contributed by atoms with Gasteiger partial charge in [0, 0.05) is 43.0 Å². The highest BCUT2D eigenvalue weighted by Crippen LogP contribution is 2.37. The van der Waals surface area contributed by atoms with Crippen LogP contribution in [0.4, 0.5) is 21.0 Å². The second-order valence-corrected chi connectivity index (χ2v) is 14.3. The van der Waals surface area contributed by atoms with Crippen molar-refractivity contribution in [3.63, 3.8) is 0 Å². The molecule has 1 aliphatic heterocycles. The average molecular weight is 652 g/mol. The first-order chi connectivity index (χ1) is 22.2. The normalized spacial score (nSPS) is 13.3. The minimum Gasteiger partial charge on any atom is -0.443 e. The van der Waals surface area contributed by atoms with Gasteiger partial charge in [0.2, 0.25) is 0 Å². The summed E-state index contributed by atoms with van der Waals surface area (Å²) in [6.45, 7) is 10.9. The number of carbonyl (C=O) groups excluding carboxylic acids is 2. The molecule has 12 heteroatoms. The lowest BCUT2D eigenvalue weighted by molar-refractivity contribution is 0.0539. The molecule has 5 aromatic rings. The number of thiophene rings is 1. The number of aromatic nitrogens is 4. The molecule has 0 spiro atoms. The van der Waals surface area contributed by atoms with Crippen molar-refractivity contribution in [2.24, 2.45) is 4.99 Å². The highest BCUT2D eigenvalue weighted by atomic mass is 32.1. The van der Waals surface area contributed by atoms with Crippen LogP contribution in [0.1, 0.15) is 52.8 Å². The summed E-state index contributed by atoms with van der Waals surface area (Å²) in [7, 11) is 3.89. The fraction of sp³-hybridized carbons (Fsp3) is 0.314. The molecule has 0 aliphatic carbocycles. The van der Waals surface area contributed by atoms with Crippen LogP contribution >= 0.6 is 11.3 Å². The van der Waals surface area contributed by atoms with Gasteiger partial charge < -0.3 is 14.4 Å². The Labute approximate surface area is 277 Å². The number of ether oxygens (including phenoxy) is 2. The second kappa shape index (κ2) is 11.9. The van der Waals surface area contributed by atoms with Gasteiger partial charge in [-0.2, -0.15) is 0 Å². The van der Waals surface area contributed by atoms with Crippen molar-refractivity contribution in [3.05, 3.63) is 77.8 Å². The van der Waals surface area contributed by atoms with Crippen molar-refractivity contribution in [1.82, 2.24) is 19.5 Å². The lowest BCUT2D eigenvalue weighted by Gasteiger charge is -2.31. The van der Waals surface area contributed by atoms with E-state index >= 15 is 0 Å². The molecule has 0 fully saturated rings. The van der Waals surface area contributed by atoms with E-state index in [2.05, 4.69) is 9.97 Å². The molecule has 0 saturated heterocycles. The van der Waals surface area contributed by atoms with Crippen molar-refractivity contribution < 1.29 is 19.1 Å². The summed E-state index contributed by atoms with van der Waals surface area (Å²) in [4.78, 5) is 50.6. The van der Waals surface area contributed by atoms with Gasteiger partial charge in [0.05, 0.1) is 57.0 Å². The topological polar surface area (TPSA) is 115 Å². The van der Waals surface area contributed by atoms with Gasteiger partial charge in [-0.05, 0) is 77.3 Å². The zero-order valence-corrected chi connectivity index (χ0v) is 28.5. The van der Waals surface area contributed by atoms with Gasteiger partial charge in [0.1, 0.15) is 17.9 Å². The maximum absolute atomic E-state index is 14.0. The molecule has 0 N–H and O–H groups in total. The monoisotopic (exact) mass is 651 g/mol. The largest absolute Gasteiger partial charge is 0.443 e.